The van der Waals surface area contributed by atoms with Crippen LogP contribution in [0.1, 0.15) is 24.5 Å². The molecule has 0 unspecified atom stereocenters. The number of aromatic nitrogens is 2. The fourth-order valence-corrected chi connectivity index (χ4v) is 3.48. The van der Waals surface area contributed by atoms with Gasteiger partial charge in [-0.3, -0.25) is 9.78 Å². The summed E-state index contributed by atoms with van der Waals surface area (Å²) in [5.74, 6) is 0.0921. The standard InChI is InChI=1S/C20H18FN3O2/c1-20(13-6-5-7-14(21)12-13)11-10-16-17(23-20)22-19(26)24(18(16)25)15-8-3-2-4-9-15/h2-9,12,23H,10-11H2,1H3,(H,22,26)/t20-/m1/s1. The highest BCUT2D eigenvalue weighted by atomic mass is 19.1. The van der Waals surface area contributed by atoms with Crippen molar-refractivity contribution in [3.05, 3.63) is 92.4 Å². The van der Waals surface area contributed by atoms with E-state index >= 15 is 0 Å². The van der Waals surface area contributed by atoms with Gasteiger partial charge in [-0.15, -0.1) is 0 Å². The molecule has 26 heavy (non-hydrogen) atoms. The summed E-state index contributed by atoms with van der Waals surface area (Å²) < 4.78 is 14.8. The summed E-state index contributed by atoms with van der Waals surface area (Å²) >= 11 is 0. The quantitative estimate of drug-likeness (QED) is 0.746. The van der Waals surface area contributed by atoms with Crippen LogP contribution < -0.4 is 16.6 Å². The van der Waals surface area contributed by atoms with Gasteiger partial charge in [0.15, 0.2) is 0 Å². The molecule has 2 N–H and O–H groups in total. The van der Waals surface area contributed by atoms with Crippen LogP contribution in [-0.4, -0.2) is 9.55 Å². The summed E-state index contributed by atoms with van der Waals surface area (Å²) in [4.78, 5) is 28.2. The van der Waals surface area contributed by atoms with Gasteiger partial charge in [0.2, 0.25) is 0 Å². The molecule has 0 saturated heterocycles. The first-order chi connectivity index (χ1) is 12.5. The Morgan fingerprint density at radius 3 is 2.58 bits per heavy atom. The minimum Gasteiger partial charge on any atom is -0.362 e. The first-order valence-corrected chi connectivity index (χ1v) is 8.46. The highest BCUT2D eigenvalue weighted by molar-refractivity contribution is 5.51. The van der Waals surface area contributed by atoms with Crippen LogP contribution in [0.3, 0.4) is 0 Å². The number of rotatable bonds is 2. The third-order valence-electron chi connectivity index (χ3n) is 4.95. The van der Waals surface area contributed by atoms with E-state index in [2.05, 4.69) is 10.3 Å². The summed E-state index contributed by atoms with van der Waals surface area (Å²) in [5.41, 5.74) is 0.432. The average molecular weight is 351 g/mol. The van der Waals surface area contributed by atoms with Gasteiger partial charge in [-0.2, -0.15) is 0 Å². The molecule has 1 atom stereocenters. The second-order valence-electron chi connectivity index (χ2n) is 6.73. The summed E-state index contributed by atoms with van der Waals surface area (Å²) in [6.07, 6.45) is 1.09. The van der Waals surface area contributed by atoms with Crippen molar-refractivity contribution in [2.45, 2.75) is 25.3 Å². The Bertz CT molecular complexity index is 1090. The zero-order valence-corrected chi connectivity index (χ0v) is 14.3. The van der Waals surface area contributed by atoms with Gasteiger partial charge in [0.1, 0.15) is 11.6 Å². The monoisotopic (exact) mass is 351 g/mol. The molecule has 0 amide bonds. The summed E-state index contributed by atoms with van der Waals surface area (Å²) in [7, 11) is 0. The average Bonchev–Trinajstić information content (AvgIpc) is 2.62. The van der Waals surface area contributed by atoms with Crippen LogP contribution >= 0.6 is 0 Å². The minimum absolute atomic E-state index is 0.315. The van der Waals surface area contributed by atoms with Crippen molar-refractivity contribution in [2.75, 3.05) is 5.32 Å². The van der Waals surface area contributed by atoms with Crippen molar-refractivity contribution in [3.63, 3.8) is 0 Å². The number of nitrogens with one attached hydrogen (secondary N) is 2. The fraction of sp³-hybridized carbons (Fsp3) is 0.200. The first kappa shape index (κ1) is 16.3. The zero-order chi connectivity index (χ0) is 18.3. The molecule has 0 spiro atoms. The maximum absolute atomic E-state index is 13.6. The summed E-state index contributed by atoms with van der Waals surface area (Å²) in [6, 6.07) is 15.2. The molecule has 0 bridgehead atoms. The molecule has 0 fully saturated rings. The van der Waals surface area contributed by atoms with E-state index in [9.17, 15) is 14.0 Å². The molecule has 2 heterocycles. The Hall–Kier alpha value is -3.15. The maximum atomic E-state index is 13.6. The van der Waals surface area contributed by atoms with Gasteiger partial charge < -0.3 is 5.32 Å². The van der Waals surface area contributed by atoms with Gasteiger partial charge >= 0.3 is 5.69 Å². The summed E-state index contributed by atoms with van der Waals surface area (Å²) in [5, 5.41) is 3.24. The van der Waals surface area contributed by atoms with E-state index in [4.69, 9.17) is 0 Å². The third-order valence-corrected chi connectivity index (χ3v) is 4.95. The predicted octanol–water partition coefficient (Wildman–Crippen LogP) is 2.94. The number of nitrogens with zero attached hydrogens (tertiary/aromatic N) is 1. The molecule has 0 radical (unpaired) electrons. The van der Waals surface area contributed by atoms with Gasteiger partial charge in [0.25, 0.3) is 5.56 Å². The molecule has 1 aromatic heterocycles. The fourth-order valence-electron chi connectivity index (χ4n) is 3.48. The lowest BCUT2D eigenvalue weighted by molar-refractivity contribution is 0.468. The zero-order valence-electron chi connectivity index (χ0n) is 14.3. The number of benzene rings is 2. The van der Waals surface area contributed by atoms with Crippen LogP contribution in [0, 0.1) is 5.82 Å². The van der Waals surface area contributed by atoms with Crippen molar-refractivity contribution in [3.8, 4) is 5.69 Å². The molecule has 0 saturated carbocycles. The lowest BCUT2D eigenvalue weighted by Crippen LogP contribution is -2.44. The molecule has 132 valence electrons. The second-order valence-corrected chi connectivity index (χ2v) is 6.73. The normalized spacial score (nSPS) is 18.8. The van der Waals surface area contributed by atoms with Crippen molar-refractivity contribution in [1.82, 2.24) is 9.55 Å². The highest BCUT2D eigenvalue weighted by Gasteiger charge is 2.33. The van der Waals surface area contributed by atoms with Crippen LogP contribution in [-0.2, 0) is 12.0 Å². The van der Waals surface area contributed by atoms with Crippen LogP contribution in [0.25, 0.3) is 5.69 Å². The Balaban J connectivity index is 1.81. The molecule has 1 aliphatic rings. The van der Waals surface area contributed by atoms with Crippen molar-refractivity contribution in [2.24, 2.45) is 0 Å². The number of hydrogen-bond acceptors (Lipinski definition) is 3. The van der Waals surface area contributed by atoms with Gasteiger partial charge in [-0.05, 0) is 49.6 Å². The van der Waals surface area contributed by atoms with Crippen LogP contribution in [0.15, 0.2) is 64.2 Å². The number of fused-ring (bicyclic) bond motifs is 1. The second kappa shape index (κ2) is 5.98. The predicted molar refractivity (Wildman–Crippen MR) is 98.4 cm³/mol. The van der Waals surface area contributed by atoms with E-state index in [1.807, 2.05) is 19.1 Å². The molecular formula is C20H18FN3O2. The van der Waals surface area contributed by atoms with Gasteiger partial charge in [-0.1, -0.05) is 30.3 Å². The summed E-state index contributed by atoms with van der Waals surface area (Å²) in [6.45, 7) is 1.94. The molecule has 6 heteroatoms. The SMILES string of the molecule is C[C@]1(c2cccc(F)c2)CCc2c([nH]c(=O)n(-c3ccccc3)c2=O)N1. The first-order valence-electron chi connectivity index (χ1n) is 8.46. The van der Waals surface area contributed by atoms with Crippen molar-refractivity contribution < 1.29 is 4.39 Å². The van der Waals surface area contributed by atoms with E-state index in [0.717, 1.165) is 10.1 Å². The largest absolute Gasteiger partial charge is 0.362 e. The molecule has 1 aliphatic heterocycles. The molecular weight excluding hydrogens is 333 g/mol. The maximum Gasteiger partial charge on any atom is 0.334 e. The van der Waals surface area contributed by atoms with Crippen LogP contribution in [0.2, 0.25) is 0 Å². The van der Waals surface area contributed by atoms with E-state index < -0.39 is 11.2 Å². The number of anilines is 1. The Morgan fingerprint density at radius 2 is 1.85 bits per heavy atom. The number of aromatic amines is 1. The van der Waals surface area contributed by atoms with Crippen molar-refractivity contribution in [1.29, 1.82) is 0 Å². The van der Waals surface area contributed by atoms with E-state index in [1.54, 1.807) is 30.3 Å². The molecule has 5 nitrogen and oxygen atoms in total. The van der Waals surface area contributed by atoms with Crippen molar-refractivity contribution >= 4 is 5.82 Å². The van der Waals surface area contributed by atoms with Gasteiger partial charge in [0, 0.05) is 0 Å². The number of H-pyrrole nitrogens is 1. The third kappa shape index (κ3) is 2.63. The minimum atomic E-state index is -0.566. The van der Waals surface area contributed by atoms with E-state index in [-0.39, 0.29) is 11.4 Å². The smallest absolute Gasteiger partial charge is 0.334 e. The Morgan fingerprint density at radius 1 is 1.08 bits per heavy atom. The van der Waals surface area contributed by atoms with Crippen LogP contribution in [0.5, 0.6) is 0 Å². The topological polar surface area (TPSA) is 66.9 Å². The molecule has 0 aliphatic carbocycles. The molecule has 3 aromatic rings. The lowest BCUT2D eigenvalue weighted by Gasteiger charge is -2.37. The Labute approximate surface area is 149 Å². The van der Waals surface area contributed by atoms with Crippen LogP contribution in [0.4, 0.5) is 10.2 Å². The number of halogens is 1. The highest BCUT2D eigenvalue weighted by Crippen LogP contribution is 2.35. The Kier molecular flexibility index (Phi) is 3.76. The van der Waals surface area contributed by atoms with E-state index in [1.165, 1.54) is 12.1 Å². The molecule has 4 rings (SSSR count). The number of hydrogen-bond donors (Lipinski definition) is 2. The molecule has 2 aromatic carbocycles. The lowest BCUT2D eigenvalue weighted by atomic mass is 9.83. The number of para-hydroxylation sites is 1. The van der Waals surface area contributed by atoms with E-state index in [0.29, 0.717) is 29.9 Å². The van der Waals surface area contributed by atoms with Gasteiger partial charge in [-0.25, -0.2) is 13.8 Å². The van der Waals surface area contributed by atoms with Gasteiger partial charge in [0.05, 0.1) is 16.8 Å².